The van der Waals surface area contributed by atoms with Crippen LogP contribution in [0.3, 0.4) is 0 Å². The van der Waals surface area contributed by atoms with Gasteiger partial charge in [-0.3, -0.25) is 0 Å². The highest BCUT2D eigenvalue weighted by molar-refractivity contribution is 6.14. The lowest BCUT2D eigenvalue weighted by molar-refractivity contribution is 0.447. The normalized spacial score (nSPS) is 11.7. The number of allylic oxidation sites excluding steroid dienone is 6. The summed E-state index contributed by atoms with van der Waals surface area (Å²) in [7, 11) is 0. The van der Waals surface area contributed by atoms with Gasteiger partial charge in [-0.25, -0.2) is 0 Å². The van der Waals surface area contributed by atoms with E-state index in [1.54, 1.807) is 12.2 Å². The molecule has 0 N–H and O–H groups in total. The van der Waals surface area contributed by atoms with E-state index in [4.69, 9.17) is 9.15 Å². The Morgan fingerprint density at radius 2 is 1.15 bits per heavy atom. The standard InChI is InChI=1S/C56H44N2O2.C4H8.C2H6/c1-6-15-43(8-3)59-56-36(5)21-29-52-55(56)48-35-39(40-26-32-54-47(34-40)45-19-13-14-20-53(45)60-54)25-31-51(48)58(52)42-27-22-37(23-28-42)38-24-30-50-46(33-38)44(16-7-2)49(9-4)57(50)41-17-11-10-12-18-41;1-3-4-2;1-2/h6-8,10-35H,1,3,9H2,2,4-5H3;3-4H,1-2H3;1-2H3/b16-7-,43-15+;4-3-;. The lowest BCUT2D eigenvalue weighted by atomic mass is 10.00. The second-order valence-corrected chi connectivity index (χ2v) is 15.9. The first-order valence-electron chi connectivity index (χ1n) is 23.1. The van der Waals surface area contributed by atoms with Crippen LogP contribution in [0.15, 0.2) is 205 Å². The van der Waals surface area contributed by atoms with Gasteiger partial charge in [-0.1, -0.05) is 137 Å². The zero-order valence-electron chi connectivity index (χ0n) is 39.2. The number of aromatic nitrogens is 2. The summed E-state index contributed by atoms with van der Waals surface area (Å²) in [6, 6.07) is 52.3. The van der Waals surface area contributed by atoms with E-state index < -0.39 is 0 Å². The fourth-order valence-electron chi connectivity index (χ4n) is 8.98. The molecular weight excluding hydrogens is 805 g/mol. The maximum atomic E-state index is 6.67. The first-order valence-corrected chi connectivity index (χ1v) is 23.1. The highest BCUT2D eigenvalue weighted by Gasteiger charge is 2.21. The van der Waals surface area contributed by atoms with E-state index in [1.165, 1.54) is 33.4 Å². The highest BCUT2D eigenvalue weighted by atomic mass is 16.5. The van der Waals surface area contributed by atoms with Crippen molar-refractivity contribution in [2.45, 2.75) is 54.9 Å². The molecule has 0 unspecified atom stereocenters. The Morgan fingerprint density at radius 1 is 0.576 bits per heavy atom. The molecule has 0 fully saturated rings. The average molecular weight is 863 g/mol. The number of nitrogens with zero attached hydrogens (tertiary/aromatic N) is 2. The Kier molecular flexibility index (Phi) is 13.5. The van der Waals surface area contributed by atoms with Gasteiger partial charge in [0.2, 0.25) is 0 Å². The summed E-state index contributed by atoms with van der Waals surface area (Å²) in [6.07, 6.45) is 14.6. The van der Waals surface area contributed by atoms with E-state index >= 15 is 0 Å². The second-order valence-electron chi connectivity index (χ2n) is 15.9. The van der Waals surface area contributed by atoms with E-state index in [0.717, 1.165) is 83.9 Å². The van der Waals surface area contributed by atoms with Crippen LogP contribution in [0.5, 0.6) is 5.75 Å². The van der Waals surface area contributed by atoms with Crippen LogP contribution in [0, 0.1) is 6.92 Å². The monoisotopic (exact) mass is 862 g/mol. The Hall–Kier alpha value is -7.82. The van der Waals surface area contributed by atoms with Crippen molar-refractivity contribution in [2.75, 3.05) is 0 Å². The lowest BCUT2D eigenvalue weighted by Crippen LogP contribution is -1.99. The van der Waals surface area contributed by atoms with Crippen LogP contribution >= 0.6 is 0 Å². The minimum Gasteiger partial charge on any atom is -0.456 e. The van der Waals surface area contributed by atoms with Crippen molar-refractivity contribution in [1.29, 1.82) is 0 Å². The zero-order chi connectivity index (χ0) is 46.3. The molecule has 7 aromatic carbocycles. The minimum atomic E-state index is 0.638. The summed E-state index contributed by atoms with van der Waals surface area (Å²) in [5.41, 5.74) is 15.6. The number of benzene rings is 7. The van der Waals surface area contributed by atoms with E-state index in [9.17, 15) is 0 Å². The molecule has 10 aromatic rings. The summed E-state index contributed by atoms with van der Waals surface area (Å²) in [5.74, 6) is 1.44. The molecule has 0 aliphatic carbocycles. The van der Waals surface area contributed by atoms with Gasteiger partial charge in [0.15, 0.2) is 0 Å². The Morgan fingerprint density at radius 3 is 1.82 bits per heavy atom. The zero-order valence-corrected chi connectivity index (χ0v) is 39.2. The fourth-order valence-corrected chi connectivity index (χ4v) is 8.98. The molecule has 0 saturated heterocycles. The van der Waals surface area contributed by atoms with Gasteiger partial charge in [-0.05, 0) is 147 Å². The minimum absolute atomic E-state index is 0.638. The summed E-state index contributed by atoms with van der Waals surface area (Å²) >= 11 is 0. The van der Waals surface area contributed by atoms with Gasteiger partial charge in [0.05, 0.1) is 21.9 Å². The molecule has 10 rings (SSSR count). The number of hydrogen-bond acceptors (Lipinski definition) is 2. The molecule has 0 aliphatic heterocycles. The van der Waals surface area contributed by atoms with Gasteiger partial charge in [0, 0.05) is 44.2 Å². The summed E-state index contributed by atoms with van der Waals surface area (Å²) < 4.78 is 17.6. The SMILES string of the molecule is C/C=C\C.C=C/C=C(\C=C)Oc1c(C)ccc2c1c1cc(-c3ccc4oc5ccccc5c4c3)ccc1n2-c1ccc(-c2ccc3c(c2)c(/C=C\C)c(CC)n3-c2ccccc2)cc1.CC. The number of aryl methyl sites for hydroxylation is 1. The number of furan rings is 1. The van der Waals surface area contributed by atoms with E-state index in [1.807, 2.05) is 58.1 Å². The van der Waals surface area contributed by atoms with Gasteiger partial charge in [0.25, 0.3) is 0 Å². The fraction of sp³-hybridized carbons (Fsp3) is 0.129. The van der Waals surface area contributed by atoms with Crippen molar-refractivity contribution in [3.63, 3.8) is 0 Å². The Balaban J connectivity index is 0.000000938. The number of hydrogen-bond donors (Lipinski definition) is 0. The van der Waals surface area contributed by atoms with Gasteiger partial charge < -0.3 is 18.3 Å². The van der Waals surface area contributed by atoms with Crippen molar-refractivity contribution >= 4 is 60.7 Å². The highest BCUT2D eigenvalue weighted by Crippen LogP contribution is 2.43. The molecule has 0 spiro atoms. The molecule has 0 saturated carbocycles. The number of fused-ring (bicyclic) bond motifs is 7. The van der Waals surface area contributed by atoms with Gasteiger partial charge >= 0.3 is 0 Å². The van der Waals surface area contributed by atoms with E-state index in [-0.39, 0.29) is 0 Å². The number of ether oxygens (including phenoxy) is 1. The molecule has 0 amide bonds. The van der Waals surface area contributed by atoms with Crippen LogP contribution < -0.4 is 4.74 Å². The topological polar surface area (TPSA) is 32.2 Å². The maximum absolute atomic E-state index is 6.67. The van der Waals surface area contributed by atoms with Crippen LogP contribution in [0.1, 0.15) is 58.4 Å². The van der Waals surface area contributed by atoms with Gasteiger partial charge in [-0.15, -0.1) is 0 Å². The third-order valence-corrected chi connectivity index (χ3v) is 12.1. The second kappa shape index (κ2) is 19.9. The molecule has 0 bridgehead atoms. The van der Waals surface area contributed by atoms with E-state index in [2.05, 4.69) is 189 Å². The summed E-state index contributed by atoms with van der Waals surface area (Å²) in [4.78, 5) is 0. The number of para-hydroxylation sites is 2. The van der Waals surface area contributed by atoms with Crippen LogP contribution in [-0.2, 0) is 6.42 Å². The summed E-state index contributed by atoms with van der Waals surface area (Å²) in [6.45, 7) is 22.4. The quantitative estimate of drug-likeness (QED) is 0.0779. The van der Waals surface area contributed by atoms with Gasteiger partial charge in [0.1, 0.15) is 22.7 Å². The van der Waals surface area contributed by atoms with Crippen molar-refractivity contribution in [3.05, 3.63) is 218 Å². The van der Waals surface area contributed by atoms with Crippen LogP contribution in [0.4, 0.5) is 0 Å². The Bertz CT molecular complexity index is 3450. The lowest BCUT2D eigenvalue weighted by Gasteiger charge is -2.13. The van der Waals surface area contributed by atoms with Crippen LogP contribution in [0.2, 0.25) is 0 Å². The third-order valence-electron chi connectivity index (χ3n) is 12.1. The molecule has 4 nitrogen and oxygen atoms in total. The molecule has 3 aromatic heterocycles. The van der Waals surface area contributed by atoms with Crippen LogP contribution in [-0.4, -0.2) is 9.13 Å². The predicted molar refractivity (Wildman–Crippen MR) is 286 cm³/mol. The first-order chi connectivity index (χ1) is 32.4. The largest absolute Gasteiger partial charge is 0.456 e. The van der Waals surface area contributed by atoms with Crippen molar-refractivity contribution in [3.8, 4) is 39.4 Å². The average Bonchev–Trinajstić information content (AvgIpc) is 4.02. The molecule has 0 radical (unpaired) electrons. The Labute approximate surface area is 389 Å². The number of rotatable bonds is 10. The van der Waals surface area contributed by atoms with Crippen molar-refractivity contribution < 1.29 is 9.15 Å². The molecule has 328 valence electrons. The molecule has 0 atom stereocenters. The van der Waals surface area contributed by atoms with Crippen LogP contribution in [0.25, 0.3) is 94.4 Å². The molecular formula is C62H58N2O2. The van der Waals surface area contributed by atoms with Crippen molar-refractivity contribution in [2.24, 2.45) is 0 Å². The smallest absolute Gasteiger partial charge is 0.140 e. The molecule has 4 heteroatoms. The maximum Gasteiger partial charge on any atom is 0.140 e. The molecule has 66 heavy (non-hydrogen) atoms. The predicted octanol–water partition coefficient (Wildman–Crippen LogP) is 18.1. The first kappa shape index (κ1) is 44.8. The van der Waals surface area contributed by atoms with E-state index in [0.29, 0.717) is 5.76 Å². The third kappa shape index (κ3) is 8.23. The van der Waals surface area contributed by atoms with Gasteiger partial charge in [-0.2, -0.15) is 0 Å². The molecule has 3 heterocycles. The summed E-state index contributed by atoms with van der Waals surface area (Å²) in [5, 5.41) is 5.61. The molecule has 0 aliphatic rings. The van der Waals surface area contributed by atoms with Crippen molar-refractivity contribution in [1.82, 2.24) is 9.13 Å².